The Morgan fingerprint density at radius 1 is 1.59 bits per heavy atom. The van der Waals surface area contributed by atoms with Gasteiger partial charge < -0.3 is 10.1 Å². The average Bonchev–Trinajstić information content (AvgIpc) is 2.53. The van der Waals surface area contributed by atoms with Crippen LogP contribution in [0, 0.1) is 6.92 Å². The minimum Gasteiger partial charge on any atom is -0.375 e. The predicted molar refractivity (Wildman–Crippen MR) is 67.8 cm³/mol. The van der Waals surface area contributed by atoms with E-state index in [1.165, 1.54) is 5.56 Å². The molecule has 0 amide bonds. The Morgan fingerprint density at radius 2 is 2.35 bits per heavy atom. The van der Waals surface area contributed by atoms with Crippen molar-refractivity contribution in [2.24, 2.45) is 7.05 Å². The Labute approximate surface area is 103 Å². The zero-order chi connectivity index (χ0) is 12.5. The second-order valence-electron chi connectivity index (χ2n) is 5.59. The Hall–Kier alpha value is -0.870. The largest absolute Gasteiger partial charge is 0.375 e. The molecular weight excluding hydrogens is 214 g/mol. The van der Waals surface area contributed by atoms with Crippen LogP contribution in [0.25, 0.3) is 0 Å². The monoisotopic (exact) mass is 237 g/mol. The first-order valence-electron chi connectivity index (χ1n) is 6.33. The van der Waals surface area contributed by atoms with Crippen LogP contribution in [0.2, 0.25) is 0 Å². The van der Waals surface area contributed by atoms with E-state index in [0.29, 0.717) is 6.04 Å². The van der Waals surface area contributed by atoms with E-state index >= 15 is 0 Å². The van der Waals surface area contributed by atoms with Crippen molar-refractivity contribution in [3.8, 4) is 0 Å². The van der Waals surface area contributed by atoms with Gasteiger partial charge in [0, 0.05) is 38.0 Å². The number of rotatable bonds is 3. The minimum atomic E-state index is 0.0138. The van der Waals surface area contributed by atoms with Crippen LogP contribution in [0.15, 0.2) is 6.20 Å². The van der Waals surface area contributed by atoms with Crippen molar-refractivity contribution in [3.63, 3.8) is 0 Å². The van der Waals surface area contributed by atoms with Crippen molar-refractivity contribution in [2.75, 3.05) is 6.61 Å². The van der Waals surface area contributed by atoms with Crippen molar-refractivity contribution in [1.82, 2.24) is 15.1 Å². The maximum absolute atomic E-state index is 5.72. The van der Waals surface area contributed by atoms with Crippen molar-refractivity contribution in [1.29, 1.82) is 0 Å². The zero-order valence-corrected chi connectivity index (χ0v) is 11.3. The Balaban J connectivity index is 1.88. The Morgan fingerprint density at radius 3 is 2.94 bits per heavy atom. The van der Waals surface area contributed by atoms with E-state index in [1.54, 1.807) is 0 Å². The number of hydrogen-bond donors (Lipinski definition) is 1. The molecular formula is C13H23N3O. The third kappa shape index (κ3) is 3.30. The van der Waals surface area contributed by atoms with Crippen LogP contribution in [0.4, 0.5) is 0 Å². The van der Waals surface area contributed by atoms with Gasteiger partial charge in [-0.05, 0) is 33.6 Å². The van der Waals surface area contributed by atoms with Crippen LogP contribution in [0.1, 0.15) is 37.9 Å². The smallest absolute Gasteiger partial charge is 0.0641 e. The van der Waals surface area contributed by atoms with Crippen LogP contribution < -0.4 is 5.32 Å². The van der Waals surface area contributed by atoms with Gasteiger partial charge in [-0.25, -0.2) is 0 Å². The van der Waals surface area contributed by atoms with E-state index in [1.807, 2.05) is 11.7 Å². The molecule has 1 aliphatic rings. The number of aryl methyl sites for hydroxylation is 2. The molecule has 1 aromatic heterocycles. The first kappa shape index (κ1) is 12.6. The summed E-state index contributed by atoms with van der Waals surface area (Å²) in [5.41, 5.74) is 2.42. The molecule has 96 valence electrons. The minimum absolute atomic E-state index is 0.0138. The summed E-state index contributed by atoms with van der Waals surface area (Å²) < 4.78 is 7.59. The fourth-order valence-corrected chi connectivity index (χ4v) is 2.48. The summed E-state index contributed by atoms with van der Waals surface area (Å²) in [7, 11) is 1.97. The lowest BCUT2D eigenvalue weighted by molar-refractivity contribution is -0.0630. The predicted octanol–water partition coefficient (Wildman–Crippen LogP) is 1.78. The molecule has 4 heteroatoms. The van der Waals surface area contributed by atoms with E-state index < -0.39 is 0 Å². The molecule has 0 saturated carbocycles. The molecule has 1 aliphatic heterocycles. The van der Waals surface area contributed by atoms with Crippen LogP contribution in [0.5, 0.6) is 0 Å². The van der Waals surface area contributed by atoms with Crippen molar-refractivity contribution >= 4 is 0 Å². The number of nitrogens with one attached hydrogen (secondary N) is 1. The lowest BCUT2D eigenvalue weighted by Gasteiger charge is -2.36. The number of nitrogens with zero attached hydrogens (tertiary/aromatic N) is 2. The molecule has 0 spiro atoms. The van der Waals surface area contributed by atoms with E-state index in [0.717, 1.165) is 31.7 Å². The third-order valence-corrected chi connectivity index (χ3v) is 3.39. The van der Waals surface area contributed by atoms with Gasteiger partial charge >= 0.3 is 0 Å². The van der Waals surface area contributed by atoms with E-state index in [9.17, 15) is 0 Å². The fraction of sp³-hybridized carbons (Fsp3) is 0.769. The van der Waals surface area contributed by atoms with Gasteiger partial charge in [-0.2, -0.15) is 5.10 Å². The fourth-order valence-electron chi connectivity index (χ4n) is 2.48. The van der Waals surface area contributed by atoms with Gasteiger partial charge in [-0.3, -0.25) is 4.68 Å². The molecule has 17 heavy (non-hydrogen) atoms. The van der Waals surface area contributed by atoms with Gasteiger partial charge in [0.05, 0.1) is 11.3 Å². The first-order valence-corrected chi connectivity index (χ1v) is 6.33. The molecule has 2 rings (SSSR count). The highest BCUT2D eigenvalue weighted by Gasteiger charge is 2.28. The number of aromatic nitrogens is 2. The Kier molecular flexibility index (Phi) is 3.54. The van der Waals surface area contributed by atoms with Gasteiger partial charge in [-0.1, -0.05) is 0 Å². The zero-order valence-electron chi connectivity index (χ0n) is 11.3. The maximum Gasteiger partial charge on any atom is 0.0641 e. The molecule has 1 atom stereocenters. The van der Waals surface area contributed by atoms with Crippen LogP contribution in [-0.2, 0) is 18.3 Å². The molecule has 1 aromatic rings. The number of hydrogen-bond acceptors (Lipinski definition) is 3. The van der Waals surface area contributed by atoms with Crippen LogP contribution in [0.3, 0.4) is 0 Å². The highest BCUT2D eigenvalue weighted by molar-refractivity contribution is 5.15. The molecule has 1 fully saturated rings. The number of ether oxygens (including phenoxy) is 1. The van der Waals surface area contributed by atoms with E-state index in [2.05, 4.69) is 37.4 Å². The van der Waals surface area contributed by atoms with Gasteiger partial charge in [0.2, 0.25) is 0 Å². The highest BCUT2D eigenvalue weighted by atomic mass is 16.5. The lowest BCUT2D eigenvalue weighted by Crippen LogP contribution is -2.43. The summed E-state index contributed by atoms with van der Waals surface area (Å²) in [4.78, 5) is 0. The van der Waals surface area contributed by atoms with Crippen molar-refractivity contribution in [3.05, 3.63) is 17.5 Å². The molecule has 0 bridgehead atoms. The normalized spacial score (nSPS) is 23.9. The second-order valence-corrected chi connectivity index (χ2v) is 5.59. The van der Waals surface area contributed by atoms with E-state index in [-0.39, 0.29) is 5.60 Å². The standard InChI is InChI=1S/C13H23N3O/c1-10-11(9-16(4)15-10)8-14-12-5-6-17-13(2,3)7-12/h9,12,14H,5-8H2,1-4H3. The summed E-state index contributed by atoms with van der Waals surface area (Å²) in [6, 6.07) is 0.554. The van der Waals surface area contributed by atoms with Crippen LogP contribution >= 0.6 is 0 Å². The molecule has 1 N–H and O–H groups in total. The summed E-state index contributed by atoms with van der Waals surface area (Å²) >= 11 is 0. The lowest BCUT2D eigenvalue weighted by atomic mass is 9.94. The molecule has 0 radical (unpaired) electrons. The van der Waals surface area contributed by atoms with Gasteiger partial charge in [-0.15, -0.1) is 0 Å². The van der Waals surface area contributed by atoms with Gasteiger partial charge in [0.1, 0.15) is 0 Å². The topological polar surface area (TPSA) is 39.1 Å². The average molecular weight is 237 g/mol. The highest BCUT2D eigenvalue weighted by Crippen LogP contribution is 2.24. The van der Waals surface area contributed by atoms with Gasteiger partial charge in [0.15, 0.2) is 0 Å². The summed E-state index contributed by atoms with van der Waals surface area (Å²) in [6.07, 6.45) is 4.27. The molecule has 4 nitrogen and oxygen atoms in total. The molecule has 1 saturated heterocycles. The molecule has 2 heterocycles. The van der Waals surface area contributed by atoms with E-state index in [4.69, 9.17) is 4.74 Å². The Bertz CT molecular complexity index is 384. The summed E-state index contributed by atoms with van der Waals surface area (Å²) in [5, 5.41) is 7.97. The summed E-state index contributed by atoms with van der Waals surface area (Å²) in [5.74, 6) is 0. The summed E-state index contributed by atoms with van der Waals surface area (Å²) in [6.45, 7) is 8.15. The molecule has 1 unspecified atom stereocenters. The molecule has 0 aromatic carbocycles. The van der Waals surface area contributed by atoms with Crippen molar-refractivity contribution < 1.29 is 4.74 Å². The second kappa shape index (κ2) is 4.78. The van der Waals surface area contributed by atoms with Crippen molar-refractivity contribution in [2.45, 2.75) is 51.8 Å². The van der Waals surface area contributed by atoms with Gasteiger partial charge in [0.25, 0.3) is 0 Å². The van der Waals surface area contributed by atoms with Crippen LogP contribution in [-0.4, -0.2) is 28.0 Å². The quantitative estimate of drug-likeness (QED) is 0.871. The maximum atomic E-state index is 5.72. The first-order chi connectivity index (χ1) is 7.96. The third-order valence-electron chi connectivity index (χ3n) is 3.39. The molecule has 0 aliphatic carbocycles. The SMILES string of the molecule is Cc1nn(C)cc1CNC1CCOC(C)(C)C1.